The van der Waals surface area contributed by atoms with E-state index in [9.17, 15) is 10.2 Å². The van der Waals surface area contributed by atoms with Gasteiger partial charge < -0.3 is 35.2 Å². The van der Waals surface area contributed by atoms with Crippen LogP contribution in [0.4, 0.5) is 17.2 Å². The van der Waals surface area contributed by atoms with Crippen LogP contribution in [0.1, 0.15) is 31.4 Å². The minimum absolute atomic E-state index is 0.230. The van der Waals surface area contributed by atoms with E-state index >= 15 is 0 Å². The smallest absolute Gasteiger partial charge is 0.139 e. The number of benzene rings is 2. The Kier molecular flexibility index (Phi) is 8.55. The highest BCUT2D eigenvalue weighted by atomic mass is 32.2. The SMILES string of the molecule is CC(CN1c2ccccc2Sc2ccccc21)N(C)C.OC[C@H]1O[C@@H](n2cnc3c2NC=NC[C@H]3O)C[C@@H]1O. The monoisotopic (exact) mass is 552 g/mol. The summed E-state index contributed by atoms with van der Waals surface area (Å²) in [5.41, 5.74) is 3.15. The maximum atomic E-state index is 9.89. The van der Waals surface area contributed by atoms with Gasteiger partial charge in [-0.15, -0.1) is 0 Å². The molecule has 11 heteroatoms. The topological polar surface area (TPSA) is 119 Å². The Morgan fingerprint density at radius 2 is 1.77 bits per heavy atom. The number of imidazole rings is 1. The van der Waals surface area contributed by atoms with Crippen LogP contribution in [0.15, 0.2) is 69.6 Å². The first kappa shape index (κ1) is 27.6. The van der Waals surface area contributed by atoms with E-state index in [-0.39, 0.29) is 13.2 Å². The van der Waals surface area contributed by atoms with Crippen LogP contribution in [-0.2, 0) is 4.74 Å². The summed E-state index contributed by atoms with van der Waals surface area (Å²) < 4.78 is 7.27. The Labute approximate surface area is 233 Å². The Morgan fingerprint density at radius 3 is 2.38 bits per heavy atom. The molecule has 0 saturated carbocycles. The zero-order valence-electron chi connectivity index (χ0n) is 22.4. The van der Waals surface area contributed by atoms with Crippen LogP contribution < -0.4 is 10.2 Å². The largest absolute Gasteiger partial charge is 0.394 e. The van der Waals surface area contributed by atoms with Crippen LogP contribution in [0.3, 0.4) is 0 Å². The van der Waals surface area contributed by atoms with E-state index in [1.54, 1.807) is 10.9 Å². The van der Waals surface area contributed by atoms with E-state index in [1.807, 2.05) is 11.8 Å². The molecule has 4 heterocycles. The van der Waals surface area contributed by atoms with Gasteiger partial charge in [0.1, 0.15) is 29.9 Å². The Balaban J connectivity index is 0.000000158. The van der Waals surface area contributed by atoms with Crippen molar-refractivity contribution in [2.75, 3.05) is 44.0 Å². The zero-order chi connectivity index (χ0) is 27.5. The molecular formula is C28H36N6O4S. The van der Waals surface area contributed by atoms with E-state index in [1.165, 1.54) is 27.5 Å². The van der Waals surface area contributed by atoms with Gasteiger partial charge in [-0.05, 0) is 45.3 Å². The second-order valence-electron chi connectivity index (χ2n) is 10.1. The number of para-hydroxylation sites is 2. The van der Waals surface area contributed by atoms with Crippen LogP contribution in [0.25, 0.3) is 0 Å². The fraction of sp³-hybridized carbons (Fsp3) is 0.429. The number of aliphatic hydroxyl groups excluding tert-OH is 3. The van der Waals surface area contributed by atoms with Gasteiger partial charge in [-0.2, -0.15) is 0 Å². The Morgan fingerprint density at radius 1 is 1.10 bits per heavy atom. The number of aliphatic imine (C=N–C) groups is 1. The number of aliphatic hydroxyl groups is 3. The number of aromatic nitrogens is 2. The summed E-state index contributed by atoms with van der Waals surface area (Å²) in [6.07, 6.45) is 0.935. The van der Waals surface area contributed by atoms with Crippen molar-refractivity contribution >= 4 is 35.3 Å². The average Bonchev–Trinajstić information content (AvgIpc) is 3.48. The molecule has 0 spiro atoms. The molecule has 3 aromatic rings. The normalized spacial score (nSPS) is 24.1. The summed E-state index contributed by atoms with van der Waals surface area (Å²) >= 11 is 1.87. The highest BCUT2D eigenvalue weighted by Gasteiger charge is 2.36. The standard InChI is InChI=1S/C17H20N2S.C11H16N4O4/c1-13(18(2)3)12-19-14-8-4-6-10-16(14)20-17-11-7-5-9-15(17)19;16-3-8-6(17)1-9(19-8)15-5-14-10-7(18)2-12-4-13-11(10)15/h4-11,13H,12H2,1-3H3;4-9,16-18H,1-3H2,(H,12,13)/t;6-,7+,8+,9+/m.0/s1. The molecule has 39 heavy (non-hydrogen) atoms. The van der Waals surface area contributed by atoms with Gasteiger partial charge in [0.15, 0.2) is 0 Å². The molecule has 10 nitrogen and oxygen atoms in total. The molecule has 2 aromatic carbocycles. The number of anilines is 3. The van der Waals surface area contributed by atoms with E-state index < -0.39 is 24.5 Å². The molecule has 3 aliphatic rings. The van der Waals surface area contributed by atoms with E-state index in [0.717, 1.165) is 6.54 Å². The molecule has 0 aliphatic carbocycles. The van der Waals surface area contributed by atoms with E-state index in [4.69, 9.17) is 9.84 Å². The number of hydrogen-bond donors (Lipinski definition) is 4. The van der Waals surface area contributed by atoms with Crippen LogP contribution in [-0.4, -0.2) is 88.2 Å². The van der Waals surface area contributed by atoms with Crippen LogP contribution in [0.2, 0.25) is 0 Å². The van der Waals surface area contributed by atoms with Gasteiger partial charge in [0.25, 0.3) is 0 Å². The van der Waals surface area contributed by atoms with Crippen LogP contribution >= 0.6 is 11.8 Å². The average molecular weight is 553 g/mol. The fourth-order valence-corrected chi connectivity index (χ4v) is 5.88. The lowest BCUT2D eigenvalue weighted by molar-refractivity contribution is -0.0437. The quantitative estimate of drug-likeness (QED) is 0.378. The van der Waals surface area contributed by atoms with Crippen molar-refractivity contribution in [1.29, 1.82) is 0 Å². The van der Waals surface area contributed by atoms with Crippen molar-refractivity contribution in [1.82, 2.24) is 14.5 Å². The van der Waals surface area contributed by atoms with Gasteiger partial charge in [0.05, 0.1) is 43.3 Å². The third-order valence-electron chi connectivity index (χ3n) is 7.26. The van der Waals surface area contributed by atoms with Gasteiger partial charge in [0, 0.05) is 28.8 Å². The second kappa shape index (κ2) is 12.1. The maximum Gasteiger partial charge on any atom is 0.139 e. The number of nitrogens with one attached hydrogen (secondary N) is 1. The lowest BCUT2D eigenvalue weighted by atomic mass is 10.2. The highest BCUT2D eigenvalue weighted by molar-refractivity contribution is 7.99. The van der Waals surface area contributed by atoms with Gasteiger partial charge >= 0.3 is 0 Å². The lowest BCUT2D eigenvalue weighted by Crippen LogP contribution is -2.37. The molecule has 1 aromatic heterocycles. The molecule has 0 radical (unpaired) electrons. The number of hydrogen-bond acceptors (Lipinski definition) is 10. The predicted molar refractivity (Wildman–Crippen MR) is 153 cm³/mol. The van der Waals surface area contributed by atoms with Crippen molar-refractivity contribution < 1.29 is 20.1 Å². The molecule has 208 valence electrons. The Bertz CT molecular complexity index is 1260. The Hall–Kier alpha value is -2.93. The summed E-state index contributed by atoms with van der Waals surface area (Å²) in [6, 6.07) is 17.9. The molecule has 6 rings (SSSR count). The van der Waals surface area contributed by atoms with Gasteiger partial charge in [0.2, 0.25) is 0 Å². The summed E-state index contributed by atoms with van der Waals surface area (Å²) in [5, 5.41) is 31.7. The predicted octanol–water partition coefficient (Wildman–Crippen LogP) is 3.25. The van der Waals surface area contributed by atoms with Crippen molar-refractivity contribution in [2.24, 2.45) is 4.99 Å². The molecule has 0 amide bonds. The maximum absolute atomic E-state index is 9.89. The van der Waals surface area contributed by atoms with Crippen molar-refractivity contribution in [2.45, 2.75) is 53.7 Å². The van der Waals surface area contributed by atoms with E-state index in [0.29, 0.717) is 24.0 Å². The molecule has 1 unspecified atom stereocenters. The first-order valence-electron chi connectivity index (χ1n) is 13.1. The number of ether oxygens (including phenoxy) is 1. The van der Waals surface area contributed by atoms with Crippen molar-refractivity contribution in [3.8, 4) is 0 Å². The number of nitrogens with zero attached hydrogens (tertiary/aromatic N) is 5. The minimum atomic E-state index is -0.762. The van der Waals surface area contributed by atoms with Crippen molar-refractivity contribution in [3.05, 3.63) is 60.6 Å². The van der Waals surface area contributed by atoms with Crippen LogP contribution in [0.5, 0.6) is 0 Å². The van der Waals surface area contributed by atoms with Gasteiger partial charge in [-0.1, -0.05) is 36.0 Å². The summed E-state index contributed by atoms with van der Waals surface area (Å²) in [5.74, 6) is 0.601. The summed E-state index contributed by atoms with van der Waals surface area (Å²) in [7, 11) is 4.28. The molecule has 5 atom stereocenters. The van der Waals surface area contributed by atoms with E-state index in [2.05, 4.69) is 94.6 Å². The first-order valence-corrected chi connectivity index (χ1v) is 13.9. The molecule has 4 N–H and O–H groups in total. The minimum Gasteiger partial charge on any atom is -0.394 e. The van der Waals surface area contributed by atoms with Gasteiger partial charge in [-0.25, -0.2) is 4.98 Å². The molecule has 1 saturated heterocycles. The third kappa shape index (κ3) is 5.84. The molecule has 1 fully saturated rings. The number of likely N-dealkylation sites (N-methyl/N-ethyl adjacent to an activating group) is 1. The fourth-order valence-electron chi connectivity index (χ4n) is 4.79. The lowest BCUT2D eigenvalue weighted by Gasteiger charge is -2.36. The molecular weight excluding hydrogens is 516 g/mol. The van der Waals surface area contributed by atoms with Crippen LogP contribution in [0, 0.1) is 0 Å². The van der Waals surface area contributed by atoms with Crippen molar-refractivity contribution in [3.63, 3.8) is 0 Å². The third-order valence-corrected chi connectivity index (χ3v) is 8.39. The molecule has 0 bridgehead atoms. The zero-order valence-corrected chi connectivity index (χ0v) is 23.2. The number of rotatable bonds is 5. The number of fused-ring (bicyclic) bond motifs is 3. The summed E-state index contributed by atoms with van der Waals surface area (Å²) in [4.78, 5) is 15.6. The highest BCUT2D eigenvalue weighted by Crippen LogP contribution is 2.47. The summed E-state index contributed by atoms with van der Waals surface area (Å²) in [6.45, 7) is 3.30. The first-order chi connectivity index (χ1) is 18.9. The second-order valence-corrected chi connectivity index (χ2v) is 11.2. The van der Waals surface area contributed by atoms with Gasteiger partial charge in [-0.3, -0.25) is 9.56 Å². The molecule has 3 aliphatic heterocycles.